The maximum Gasteiger partial charge on any atom is 0.327 e. The highest BCUT2D eigenvalue weighted by Gasteiger charge is 2.34. The SMILES string of the molecule is CC=CC=CCOC(=O)C(CC(=O)O)S(=O)(=O)O. The number of rotatable bonds is 7. The number of carboxylic acid groups (broad SMARTS) is 1. The molecule has 8 heteroatoms. The lowest BCUT2D eigenvalue weighted by Crippen LogP contribution is -2.33. The molecule has 0 saturated carbocycles. The monoisotopic (exact) mass is 278 g/mol. The third-order valence-corrected chi connectivity index (χ3v) is 2.82. The number of carbonyl (C=O) groups is 2. The third kappa shape index (κ3) is 6.81. The van der Waals surface area contributed by atoms with Crippen LogP contribution < -0.4 is 0 Å². The molecule has 0 aliphatic rings. The van der Waals surface area contributed by atoms with Gasteiger partial charge in [0.25, 0.3) is 10.1 Å². The molecule has 0 aromatic rings. The van der Waals surface area contributed by atoms with E-state index < -0.39 is 33.7 Å². The van der Waals surface area contributed by atoms with Gasteiger partial charge in [-0.2, -0.15) is 8.42 Å². The van der Waals surface area contributed by atoms with Gasteiger partial charge in [0.15, 0.2) is 5.25 Å². The van der Waals surface area contributed by atoms with Gasteiger partial charge in [0.1, 0.15) is 6.61 Å². The molecule has 0 amide bonds. The van der Waals surface area contributed by atoms with E-state index in [4.69, 9.17) is 9.66 Å². The Labute approximate surface area is 105 Å². The topological polar surface area (TPSA) is 118 Å². The molecule has 18 heavy (non-hydrogen) atoms. The fourth-order valence-electron chi connectivity index (χ4n) is 0.937. The third-order valence-electron chi connectivity index (χ3n) is 1.74. The van der Waals surface area contributed by atoms with Gasteiger partial charge in [-0.1, -0.05) is 18.2 Å². The van der Waals surface area contributed by atoms with Crippen LogP contribution in [0, 0.1) is 0 Å². The maximum absolute atomic E-state index is 11.3. The van der Waals surface area contributed by atoms with E-state index in [9.17, 15) is 18.0 Å². The van der Waals surface area contributed by atoms with Crippen molar-refractivity contribution in [3.8, 4) is 0 Å². The van der Waals surface area contributed by atoms with Crippen molar-refractivity contribution in [3.63, 3.8) is 0 Å². The summed E-state index contributed by atoms with van der Waals surface area (Å²) in [5.74, 6) is -2.83. The van der Waals surface area contributed by atoms with E-state index >= 15 is 0 Å². The van der Waals surface area contributed by atoms with Crippen LogP contribution in [0.25, 0.3) is 0 Å². The minimum atomic E-state index is -4.80. The molecule has 2 N–H and O–H groups in total. The lowest BCUT2D eigenvalue weighted by molar-refractivity contribution is -0.146. The first-order chi connectivity index (χ1) is 8.29. The second-order valence-corrected chi connectivity index (χ2v) is 4.78. The molecule has 0 spiro atoms. The van der Waals surface area contributed by atoms with Crippen molar-refractivity contribution in [3.05, 3.63) is 24.3 Å². The highest BCUT2D eigenvalue weighted by molar-refractivity contribution is 7.87. The molecule has 0 aromatic carbocycles. The molecule has 0 aliphatic heterocycles. The van der Waals surface area contributed by atoms with Crippen LogP contribution in [0.5, 0.6) is 0 Å². The van der Waals surface area contributed by atoms with Crippen molar-refractivity contribution >= 4 is 22.1 Å². The number of allylic oxidation sites excluding steroid dienone is 3. The van der Waals surface area contributed by atoms with Crippen molar-refractivity contribution in [2.24, 2.45) is 0 Å². The predicted octanol–water partition coefficient (Wildman–Crippen LogP) is 0.393. The molecular formula is C10H14O7S. The number of carboxylic acids is 1. The van der Waals surface area contributed by atoms with Gasteiger partial charge in [0, 0.05) is 0 Å². The normalized spacial score (nSPS) is 13.9. The Morgan fingerprint density at radius 3 is 2.39 bits per heavy atom. The van der Waals surface area contributed by atoms with E-state index in [0.29, 0.717) is 0 Å². The highest BCUT2D eigenvalue weighted by atomic mass is 32.2. The van der Waals surface area contributed by atoms with Crippen LogP contribution in [0.2, 0.25) is 0 Å². The molecule has 0 saturated heterocycles. The zero-order valence-electron chi connectivity index (χ0n) is 9.64. The molecular weight excluding hydrogens is 264 g/mol. The number of hydrogen-bond donors (Lipinski definition) is 2. The fourth-order valence-corrected chi connectivity index (χ4v) is 1.60. The summed E-state index contributed by atoms with van der Waals surface area (Å²) in [6.45, 7) is 1.56. The van der Waals surface area contributed by atoms with Crippen LogP contribution in [0.1, 0.15) is 13.3 Å². The van der Waals surface area contributed by atoms with Crippen LogP contribution in [-0.4, -0.2) is 41.9 Å². The second-order valence-electron chi connectivity index (χ2n) is 3.19. The first kappa shape index (κ1) is 16.3. The number of aliphatic carboxylic acids is 1. The van der Waals surface area contributed by atoms with Gasteiger partial charge in [0.05, 0.1) is 6.42 Å². The van der Waals surface area contributed by atoms with Gasteiger partial charge in [-0.25, -0.2) is 0 Å². The lowest BCUT2D eigenvalue weighted by atomic mass is 10.3. The van der Waals surface area contributed by atoms with E-state index in [0.717, 1.165) is 0 Å². The van der Waals surface area contributed by atoms with Crippen LogP contribution in [0.15, 0.2) is 24.3 Å². The van der Waals surface area contributed by atoms with Gasteiger partial charge in [-0.05, 0) is 13.0 Å². The zero-order valence-corrected chi connectivity index (χ0v) is 10.5. The average molecular weight is 278 g/mol. The molecule has 7 nitrogen and oxygen atoms in total. The van der Waals surface area contributed by atoms with Crippen LogP contribution in [-0.2, 0) is 24.4 Å². The van der Waals surface area contributed by atoms with Gasteiger partial charge < -0.3 is 9.84 Å². The summed E-state index contributed by atoms with van der Waals surface area (Å²) in [4.78, 5) is 21.7. The maximum atomic E-state index is 11.3. The number of carbonyl (C=O) groups excluding carboxylic acids is 1. The first-order valence-corrected chi connectivity index (χ1v) is 6.42. The highest BCUT2D eigenvalue weighted by Crippen LogP contribution is 2.07. The van der Waals surface area contributed by atoms with Crippen molar-refractivity contribution < 1.29 is 32.4 Å². The molecule has 0 aromatic heterocycles. The molecule has 1 atom stereocenters. The minimum Gasteiger partial charge on any atom is -0.481 e. The summed E-state index contributed by atoms with van der Waals surface area (Å²) in [5.41, 5.74) is 0. The fraction of sp³-hybridized carbons (Fsp3) is 0.400. The molecule has 0 aliphatic carbocycles. The predicted molar refractivity (Wildman–Crippen MR) is 62.5 cm³/mol. The van der Waals surface area contributed by atoms with Gasteiger partial charge in [-0.15, -0.1) is 0 Å². The quantitative estimate of drug-likeness (QED) is 0.393. The Morgan fingerprint density at radius 2 is 1.94 bits per heavy atom. The number of ether oxygens (including phenoxy) is 1. The average Bonchev–Trinajstić information content (AvgIpc) is 2.23. The van der Waals surface area contributed by atoms with Crippen molar-refractivity contribution in [1.29, 1.82) is 0 Å². The van der Waals surface area contributed by atoms with Gasteiger partial charge in [-0.3, -0.25) is 14.1 Å². The molecule has 0 bridgehead atoms. The first-order valence-electron chi connectivity index (χ1n) is 4.91. The molecule has 0 heterocycles. The Morgan fingerprint density at radius 1 is 1.33 bits per heavy atom. The van der Waals surface area contributed by atoms with Crippen LogP contribution >= 0.6 is 0 Å². The van der Waals surface area contributed by atoms with Crippen molar-refractivity contribution in [2.45, 2.75) is 18.6 Å². The standard InChI is InChI=1S/C10H14O7S/c1-2-3-4-5-6-17-10(13)8(7-9(11)12)18(14,15)16/h2-5,8H,6-7H2,1H3,(H,11,12)(H,14,15,16). The Hall–Kier alpha value is -1.67. The Bertz CT molecular complexity index is 447. The molecule has 0 rings (SSSR count). The largest absolute Gasteiger partial charge is 0.481 e. The van der Waals surface area contributed by atoms with E-state index in [1.165, 1.54) is 6.08 Å². The van der Waals surface area contributed by atoms with Gasteiger partial charge >= 0.3 is 11.9 Å². The molecule has 0 fully saturated rings. The van der Waals surface area contributed by atoms with E-state index in [1.54, 1.807) is 25.2 Å². The zero-order chi connectivity index (χ0) is 14.2. The van der Waals surface area contributed by atoms with E-state index in [1.807, 2.05) is 0 Å². The van der Waals surface area contributed by atoms with E-state index in [-0.39, 0.29) is 6.61 Å². The Kier molecular flexibility index (Phi) is 6.91. The molecule has 0 radical (unpaired) electrons. The van der Waals surface area contributed by atoms with Gasteiger partial charge in [0.2, 0.25) is 0 Å². The number of hydrogen-bond acceptors (Lipinski definition) is 5. The minimum absolute atomic E-state index is 0.213. The summed E-state index contributed by atoms with van der Waals surface area (Å²) in [6.07, 6.45) is 5.33. The lowest BCUT2D eigenvalue weighted by Gasteiger charge is -2.09. The molecule has 102 valence electrons. The summed E-state index contributed by atoms with van der Waals surface area (Å²) in [7, 11) is -4.80. The summed E-state index contributed by atoms with van der Waals surface area (Å²) in [6, 6.07) is 0. The summed E-state index contributed by atoms with van der Waals surface area (Å²) < 4.78 is 34.8. The Balaban J connectivity index is 4.54. The second kappa shape index (κ2) is 7.62. The van der Waals surface area contributed by atoms with Crippen LogP contribution in [0.4, 0.5) is 0 Å². The van der Waals surface area contributed by atoms with Crippen LogP contribution in [0.3, 0.4) is 0 Å². The van der Waals surface area contributed by atoms with E-state index in [2.05, 4.69) is 4.74 Å². The molecule has 1 unspecified atom stereocenters. The number of esters is 1. The van der Waals surface area contributed by atoms with Crippen molar-refractivity contribution in [2.75, 3.05) is 6.61 Å². The van der Waals surface area contributed by atoms with Crippen molar-refractivity contribution in [1.82, 2.24) is 0 Å². The summed E-state index contributed by atoms with van der Waals surface area (Å²) in [5, 5.41) is 6.32. The summed E-state index contributed by atoms with van der Waals surface area (Å²) >= 11 is 0. The smallest absolute Gasteiger partial charge is 0.327 e.